The standard InChI is InChI=1S/C26H26O5S/c1-14-12-16(3)20-15(2)10-11-19-22(21(20)17(4)13-14)24-25(31-27)26(23(19)30-24)32(28,29)18-8-6-5-7-9-18/h5-13,23-27H,1-4H3. The van der Waals surface area contributed by atoms with Crippen LogP contribution in [0.15, 0.2) is 104 Å². The number of ether oxygens (including phenoxy) is 1. The fraction of sp³-hybridized carbons (Fsp3) is 0.308. The summed E-state index contributed by atoms with van der Waals surface area (Å²) in [5.41, 5.74) is 8.38. The maximum absolute atomic E-state index is 13.6. The molecule has 0 radical (unpaired) electrons. The molecule has 0 spiro atoms. The molecule has 2 heterocycles. The fourth-order valence-electron chi connectivity index (χ4n) is 5.57. The van der Waals surface area contributed by atoms with Gasteiger partial charge in [0.25, 0.3) is 0 Å². The van der Waals surface area contributed by atoms with Gasteiger partial charge in [0.2, 0.25) is 0 Å². The number of hydrogen-bond donors (Lipinski definition) is 1. The van der Waals surface area contributed by atoms with Gasteiger partial charge in [-0.3, -0.25) is 5.26 Å². The van der Waals surface area contributed by atoms with Gasteiger partial charge in [-0.25, -0.2) is 13.3 Å². The number of benzene rings is 1. The molecule has 1 aromatic rings. The van der Waals surface area contributed by atoms with E-state index < -0.39 is 33.4 Å². The third-order valence-electron chi connectivity index (χ3n) is 6.77. The maximum atomic E-state index is 13.6. The molecule has 166 valence electrons. The van der Waals surface area contributed by atoms with Crippen LogP contribution in [0.1, 0.15) is 27.7 Å². The van der Waals surface area contributed by atoms with Crippen molar-refractivity contribution in [3.05, 3.63) is 99.2 Å². The van der Waals surface area contributed by atoms with Gasteiger partial charge in [-0.15, -0.1) is 0 Å². The number of hydrogen-bond acceptors (Lipinski definition) is 5. The van der Waals surface area contributed by atoms with E-state index in [4.69, 9.17) is 9.62 Å². The van der Waals surface area contributed by atoms with E-state index in [0.717, 1.165) is 44.6 Å². The minimum atomic E-state index is -3.81. The van der Waals surface area contributed by atoms with E-state index in [1.807, 2.05) is 12.2 Å². The quantitative estimate of drug-likeness (QED) is 0.525. The molecular weight excluding hydrogens is 424 g/mol. The number of sulfone groups is 1. The van der Waals surface area contributed by atoms with E-state index in [9.17, 15) is 13.7 Å². The van der Waals surface area contributed by atoms with Crippen LogP contribution in [-0.2, 0) is 19.5 Å². The predicted molar refractivity (Wildman–Crippen MR) is 123 cm³/mol. The summed E-state index contributed by atoms with van der Waals surface area (Å²) in [4.78, 5) is 5.04. The third kappa shape index (κ3) is 2.98. The lowest BCUT2D eigenvalue weighted by Gasteiger charge is -2.30. The summed E-state index contributed by atoms with van der Waals surface area (Å²) in [5.74, 6) is 0. The molecule has 4 atom stereocenters. The monoisotopic (exact) mass is 450 g/mol. The van der Waals surface area contributed by atoms with Crippen LogP contribution >= 0.6 is 0 Å². The minimum absolute atomic E-state index is 0.195. The molecule has 0 saturated carbocycles. The molecule has 1 N–H and O–H groups in total. The van der Waals surface area contributed by atoms with Crippen molar-refractivity contribution in [1.29, 1.82) is 0 Å². The molecule has 5 nitrogen and oxygen atoms in total. The Bertz CT molecular complexity index is 1290. The van der Waals surface area contributed by atoms with Crippen LogP contribution in [0.3, 0.4) is 0 Å². The smallest absolute Gasteiger partial charge is 0.186 e. The number of allylic oxidation sites excluding steroid dienone is 10. The van der Waals surface area contributed by atoms with E-state index in [-0.39, 0.29) is 4.90 Å². The van der Waals surface area contributed by atoms with Gasteiger partial charge in [0, 0.05) is 0 Å². The summed E-state index contributed by atoms with van der Waals surface area (Å²) in [7, 11) is -3.81. The van der Waals surface area contributed by atoms with Crippen molar-refractivity contribution < 1.29 is 23.3 Å². The van der Waals surface area contributed by atoms with Gasteiger partial charge in [-0.2, -0.15) is 0 Å². The highest BCUT2D eigenvalue weighted by molar-refractivity contribution is 7.92. The summed E-state index contributed by atoms with van der Waals surface area (Å²) in [5, 5.41) is 8.82. The van der Waals surface area contributed by atoms with Gasteiger partial charge in [0.1, 0.15) is 23.6 Å². The molecule has 2 bridgehead atoms. The molecule has 5 rings (SSSR count). The van der Waals surface area contributed by atoms with Crippen molar-refractivity contribution in [2.45, 2.75) is 56.2 Å². The Balaban J connectivity index is 1.73. The van der Waals surface area contributed by atoms with Crippen LogP contribution in [0, 0.1) is 0 Å². The summed E-state index contributed by atoms with van der Waals surface area (Å²) in [6.45, 7) is 8.29. The summed E-state index contributed by atoms with van der Waals surface area (Å²) in [6.07, 6.45) is 5.88. The van der Waals surface area contributed by atoms with Gasteiger partial charge in [-0.1, -0.05) is 48.1 Å². The lowest BCUT2D eigenvalue weighted by Crippen LogP contribution is -2.46. The second-order valence-electron chi connectivity index (χ2n) is 8.90. The van der Waals surface area contributed by atoms with Crippen LogP contribution in [-0.4, -0.2) is 37.2 Å². The van der Waals surface area contributed by atoms with Gasteiger partial charge in [0.05, 0.1) is 4.90 Å². The molecule has 2 aliphatic heterocycles. The van der Waals surface area contributed by atoms with Crippen LogP contribution in [0.2, 0.25) is 0 Å². The Morgan fingerprint density at radius 1 is 0.906 bits per heavy atom. The van der Waals surface area contributed by atoms with Crippen molar-refractivity contribution in [3.63, 3.8) is 0 Å². The zero-order valence-electron chi connectivity index (χ0n) is 18.5. The Hall–Kier alpha value is -2.51. The molecule has 6 heteroatoms. The van der Waals surface area contributed by atoms with Crippen LogP contribution < -0.4 is 0 Å². The Labute approximate surface area is 188 Å². The van der Waals surface area contributed by atoms with Crippen LogP contribution in [0.5, 0.6) is 0 Å². The average Bonchev–Trinajstić information content (AvgIpc) is 3.22. The first-order valence-corrected chi connectivity index (χ1v) is 12.3. The molecule has 0 aromatic heterocycles. The Morgan fingerprint density at radius 3 is 2.31 bits per heavy atom. The molecular formula is C26H26O5S. The average molecular weight is 451 g/mol. The molecule has 4 aliphatic rings. The van der Waals surface area contributed by atoms with E-state index in [1.54, 1.807) is 30.3 Å². The number of rotatable bonds is 3. The third-order valence-corrected chi connectivity index (χ3v) is 8.93. The van der Waals surface area contributed by atoms with Gasteiger partial charge in [-0.05, 0) is 78.8 Å². The van der Waals surface area contributed by atoms with Crippen molar-refractivity contribution in [3.8, 4) is 0 Å². The lowest BCUT2D eigenvalue weighted by molar-refractivity contribution is -0.282. The molecule has 2 saturated heterocycles. The van der Waals surface area contributed by atoms with E-state index in [1.165, 1.54) is 0 Å². The highest BCUT2D eigenvalue weighted by Crippen LogP contribution is 2.52. The second-order valence-corrected chi connectivity index (χ2v) is 11.0. The van der Waals surface area contributed by atoms with Crippen LogP contribution in [0.4, 0.5) is 0 Å². The van der Waals surface area contributed by atoms with Crippen molar-refractivity contribution in [2.24, 2.45) is 0 Å². The largest absolute Gasteiger partial charge is 0.361 e. The summed E-state index contributed by atoms with van der Waals surface area (Å²) in [6, 6.07) is 8.28. The Morgan fingerprint density at radius 2 is 1.62 bits per heavy atom. The molecule has 32 heavy (non-hydrogen) atoms. The normalized spacial score (nSPS) is 29.5. The second kappa shape index (κ2) is 7.52. The van der Waals surface area contributed by atoms with Crippen molar-refractivity contribution in [2.75, 3.05) is 0 Å². The van der Waals surface area contributed by atoms with Crippen LogP contribution in [0.25, 0.3) is 0 Å². The first-order chi connectivity index (χ1) is 15.3. The SMILES string of the molecule is CC1=CC(C)=C2C(C)=CC=C3C(=C2C(C)=C1)C1OC3C(S(=O)(=O)c2ccccc2)C1OO. The summed E-state index contributed by atoms with van der Waals surface area (Å²) >= 11 is 0. The molecule has 2 aliphatic carbocycles. The van der Waals surface area contributed by atoms with Gasteiger partial charge < -0.3 is 4.74 Å². The topological polar surface area (TPSA) is 72.8 Å². The van der Waals surface area contributed by atoms with Crippen molar-refractivity contribution in [1.82, 2.24) is 0 Å². The van der Waals surface area contributed by atoms with Crippen molar-refractivity contribution >= 4 is 9.84 Å². The molecule has 1 aromatic carbocycles. The molecule has 2 fully saturated rings. The zero-order valence-corrected chi connectivity index (χ0v) is 19.3. The van der Waals surface area contributed by atoms with Gasteiger partial charge in [0.15, 0.2) is 9.84 Å². The predicted octanol–water partition coefficient (Wildman–Crippen LogP) is 4.87. The zero-order chi connectivity index (χ0) is 22.8. The molecule has 0 amide bonds. The highest BCUT2D eigenvalue weighted by atomic mass is 32.2. The summed E-state index contributed by atoms with van der Waals surface area (Å²) < 4.78 is 33.4. The Kier molecular flexibility index (Phi) is 5.02. The first-order valence-electron chi connectivity index (χ1n) is 10.7. The minimum Gasteiger partial charge on any atom is -0.361 e. The maximum Gasteiger partial charge on any atom is 0.186 e. The highest BCUT2D eigenvalue weighted by Gasteiger charge is 2.61. The number of fused-ring (bicyclic) bond motifs is 6. The van der Waals surface area contributed by atoms with E-state index in [0.29, 0.717) is 0 Å². The van der Waals surface area contributed by atoms with E-state index >= 15 is 0 Å². The van der Waals surface area contributed by atoms with E-state index in [2.05, 4.69) is 39.8 Å². The first kappa shape index (κ1) is 21.3. The molecule has 4 unspecified atom stereocenters. The lowest BCUT2D eigenvalue weighted by atomic mass is 9.80. The fourth-order valence-corrected chi connectivity index (χ4v) is 7.50. The van der Waals surface area contributed by atoms with Gasteiger partial charge >= 0.3 is 0 Å².